The Morgan fingerprint density at radius 1 is 1.14 bits per heavy atom. The van der Waals surface area contributed by atoms with E-state index in [0.717, 1.165) is 54.1 Å². The quantitative estimate of drug-likeness (QED) is 0.677. The Balaban J connectivity index is 1.42. The van der Waals surface area contributed by atoms with Gasteiger partial charge in [-0.25, -0.2) is 4.68 Å². The molecule has 1 aromatic carbocycles. The van der Waals surface area contributed by atoms with E-state index in [-0.39, 0.29) is 12.8 Å². The molecular weight excluding hydrogens is 354 g/mol. The van der Waals surface area contributed by atoms with Crippen LogP contribution in [0.4, 0.5) is 0 Å². The number of aliphatic hydroxyl groups is 1. The van der Waals surface area contributed by atoms with Crippen LogP contribution in [0, 0.1) is 0 Å². The number of hydrogen-bond acceptors (Lipinski definition) is 5. The van der Waals surface area contributed by atoms with Crippen molar-refractivity contribution in [2.24, 2.45) is 0 Å². The minimum atomic E-state index is -0.0114. The third kappa shape index (κ3) is 4.40. The summed E-state index contributed by atoms with van der Waals surface area (Å²) in [5.74, 6) is 0.719. The maximum atomic E-state index is 9.07. The number of pyridine rings is 1. The molecule has 3 heterocycles. The lowest BCUT2D eigenvalue weighted by Gasteiger charge is -2.24. The molecule has 0 aliphatic carbocycles. The van der Waals surface area contributed by atoms with Crippen molar-refractivity contribution in [3.05, 3.63) is 66.0 Å². The standard InChI is InChI=1S/C22H25N3O3/c26-12-10-17-4-3-5-18(14-17)16-28-19-7-8-20(23-15-19)21-9-11-24-25(21)22-6-1-2-13-27-22/h3-5,7-9,11,14-15,22,26H,1-2,6,10,12-13,16H2. The van der Waals surface area contributed by atoms with E-state index >= 15 is 0 Å². The van der Waals surface area contributed by atoms with Crippen LogP contribution in [0.2, 0.25) is 0 Å². The smallest absolute Gasteiger partial charge is 0.150 e. The van der Waals surface area contributed by atoms with Crippen LogP contribution < -0.4 is 4.74 Å². The largest absolute Gasteiger partial charge is 0.487 e. The second-order valence-corrected chi connectivity index (χ2v) is 6.94. The van der Waals surface area contributed by atoms with Gasteiger partial charge in [-0.3, -0.25) is 4.98 Å². The fraction of sp³-hybridized carbons (Fsp3) is 0.364. The van der Waals surface area contributed by atoms with Crippen LogP contribution in [0.15, 0.2) is 54.9 Å². The van der Waals surface area contributed by atoms with E-state index in [4.69, 9.17) is 14.6 Å². The zero-order chi connectivity index (χ0) is 19.2. The van der Waals surface area contributed by atoms with E-state index in [9.17, 15) is 0 Å². The highest BCUT2D eigenvalue weighted by Gasteiger charge is 2.20. The van der Waals surface area contributed by atoms with Gasteiger partial charge in [-0.05, 0) is 55.0 Å². The molecule has 1 aliphatic rings. The maximum absolute atomic E-state index is 9.07. The lowest BCUT2D eigenvalue weighted by atomic mass is 10.1. The highest BCUT2D eigenvalue weighted by molar-refractivity contribution is 5.54. The van der Waals surface area contributed by atoms with E-state index in [1.54, 1.807) is 12.4 Å². The molecule has 3 aromatic rings. The molecule has 4 rings (SSSR count). The van der Waals surface area contributed by atoms with Crippen LogP contribution in [0.25, 0.3) is 11.4 Å². The van der Waals surface area contributed by atoms with Crippen molar-refractivity contribution in [3.63, 3.8) is 0 Å². The molecule has 0 bridgehead atoms. The fourth-order valence-corrected chi connectivity index (χ4v) is 3.45. The Morgan fingerprint density at radius 2 is 2.07 bits per heavy atom. The number of aliphatic hydroxyl groups excluding tert-OH is 1. The second-order valence-electron chi connectivity index (χ2n) is 6.94. The molecule has 6 nitrogen and oxygen atoms in total. The van der Waals surface area contributed by atoms with Gasteiger partial charge in [-0.15, -0.1) is 0 Å². The maximum Gasteiger partial charge on any atom is 0.150 e. The molecule has 28 heavy (non-hydrogen) atoms. The molecule has 0 spiro atoms. The van der Waals surface area contributed by atoms with E-state index in [2.05, 4.69) is 16.1 Å². The highest BCUT2D eigenvalue weighted by Crippen LogP contribution is 2.28. The number of ether oxygens (including phenoxy) is 2. The van der Waals surface area contributed by atoms with Crippen LogP contribution in [-0.2, 0) is 17.8 Å². The molecule has 0 radical (unpaired) electrons. The van der Waals surface area contributed by atoms with Gasteiger partial charge in [0, 0.05) is 19.4 Å². The molecule has 1 atom stereocenters. The van der Waals surface area contributed by atoms with Gasteiger partial charge in [0.25, 0.3) is 0 Å². The Morgan fingerprint density at radius 3 is 2.86 bits per heavy atom. The summed E-state index contributed by atoms with van der Waals surface area (Å²) < 4.78 is 13.7. The first-order valence-corrected chi connectivity index (χ1v) is 9.76. The summed E-state index contributed by atoms with van der Waals surface area (Å²) >= 11 is 0. The number of rotatable bonds is 7. The molecule has 0 saturated carbocycles. The molecule has 1 N–H and O–H groups in total. The van der Waals surface area contributed by atoms with Gasteiger partial charge in [-0.1, -0.05) is 24.3 Å². The lowest BCUT2D eigenvalue weighted by molar-refractivity contribution is -0.0384. The van der Waals surface area contributed by atoms with E-state index in [0.29, 0.717) is 13.0 Å². The van der Waals surface area contributed by atoms with E-state index in [1.165, 1.54) is 0 Å². The summed E-state index contributed by atoms with van der Waals surface area (Å²) in [6, 6.07) is 13.9. The van der Waals surface area contributed by atoms with Crippen LogP contribution in [0.5, 0.6) is 5.75 Å². The van der Waals surface area contributed by atoms with Crippen molar-refractivity contribution >= 4 is 0 Å². The normalized spacial score (nSPS) is 16.8. The second kappa shape index (κ2) is 8.99. The van der Waals surface area contributed by atoms with Gasteiger partial charge in [0.05, 0.1) is 17.6 Å². The Labute approximate surface area is 164 Å². The number of hydrogen-bond donors (Lipinski definition) is 1. The number of aromatic nitrogens is 3. The van der Waals surface area contributed by atoms with Crippen molar-refractivity contribution in [1.29, 1.82) is 0 Å². The molecule has 6 heteroatoms. The molecule has 0 amide bonds. The van der Waals surface area contributed by atoms with Crippen molar-refractivity contribution < 1.29 is 14.6 Å². The number of benzene rings is 1. The van der Waals surface area contributed by atoms with Crippen molar-refractivity contribution in [3.8, 4) is 17.1 Å². The summed E-state index contributed by atoms with van der Waals surface area (Å²) in [4.78, 5) is 4.56. The molecule has 1 unspecified atom stereocenters. The third-order valence-corrected chi connectivity index (χ3v) is 4.89. The van der Waals surface area contributed by atoms with Gasteiger partial charge >= 0.3 is 0 Å². The first-order chi connectivity index (χ1) is 13.8. The minimum absolute atomic E-state index is 0.0114. The summed E-state index contributed by atoms with van der Waals surface area (Å²) in [7, 11) is 0. The van der Waals surface area contributed by atoms with Crippen molar-refractivity contribution in [2.45, 2.75) is 38.5 Å². The van der Waals surface area contributed by atoms with Crippen LogP contribution in [0.1, 0.15) is 36.6 Å². The van der Waals surface area contributed by atoms with Crippen molar-refractivity contribution in [2.75, 3.05) is 13.2 Å². The third-order valence-electron chi connectivity index (χ3n) is 4.89. The Hall–Kier alpha value is -2.70. The molecule has 1 aliphatic heterocycles. The monoisotopic (exact) mass is 379 g/mol. The van der Waals surface area contributed by atoms with Crippen LogP contribution in [-0.4, -0.2) is 33.1 Å². The number of nitrogens with zero attached hydrogens (tertiary/aromatic N) is 3. The highest BCUT2D eigenvalue weighted by atomic mass is 16.5. The zero-order valence-corrected chi connectivity index (χ0v) is 15.8. The summed E-state index contributed by atoms with van der Waals surface area (Å²) in [5, 5.41) is 13.5. The zero-order valence-electron chi connectivity index (χ0n) is 15.8. The van der Waals surface area contributed by atoms with E-state index in [1.807, 2.05) is 41.1 Å². The predicted octanol–water partition coefficient (Wildman–Crippen LogP) is 3.76. The minimum Gasteiger partial charge on any atom is -0.487 e. The molecule has 2 aromatic heterocycles. The average molecular weight is 379 g/mol. The molecule has 1 fully saturated rings. The van der Waals surface area contributed by atoms with Gasteiger partial charge in [0.1, 0.15) is 12.4 Å². The predicted molar refractivity (Wildman–Crippen MR) is 106 cm³/mol. The summed E-state index contributed by atoms with van der Waals surface area (Å²) in [5.41, 5.74) is 3.98. The summed E-state index contributed by atoms with van der Waals surface area (Å²) in [6.07, 6.45) is 7.42. The van der Waals surface area contributed by atoms with E-state index < -0.39 is 0 Å². The van der Waals surface area contributed by atoms with Gasteiger partial charge < -0.3 is 14.6 Å². The van der Waals surface area contributed by atoms with Gasteiger partial charge in [0.15, 0.2) is 6.23 Å². The average Bonchev–Trinajstić information content (AvgIpc) is 3.24. The van der Waals surface area contributed by atoms with Crippen LogP contribution >= 0.6 is 0 Å². The first kappa shape index (κ1) is 18.7. The molecule has 146 valence electrons. The Kier molecular flexibility index (Phi) is 5.99. The topological polar surface area (TPSA) is 69.4 Å². The summed E-state index contributed by atoms with van der Waals surface area (Å²) in [6.45, 7) is 1.40. The SMILES string of the molecule is OCCc1cccc(COc2ccc(-c3ccnn3C3CCCCO3)nc2)c1. The van der Waals surface area contributed by atoms with Crippen molar-refractivity contribution in [1.82, 2.24) is 14.8 Å². The Bertz CT molecular complexity index is 886. The van der Waals surface area contributed by atoms with Crippen LogP contribution in [0.3, 0.4) is 0 Å². The van der Waals surface area contributed by atoms with Gasteiger partial charge in [0.2, 0.25) is 0 Å². The van der Waals surface area contributed by atoms with Gasteiger partial charge in [-0.2, -0.15) is 5.10 Å². The fourth-order valence-electron chi connectivity index (χ4n) is 3.45. The lowest BCUT2D eigenvalue weighted by Crippen LogP contribution is -2.20. The molecular formula is C22H25N3O3. The first-order valence-electron chi connectivity index (χ1n) is 9.76. The molecule has 1 saturated heterocycles.